The van der Waals surface area contributed by atoms with Crippen LogP contribution in [0.1, 0.15) is 5.56 Å². The van der Waals surface area contributed by atoms with E-state index in [2.05, 4.69) is 24.8 Å². The topological polar surface area (TPSA) is 103 Å². The third-order valence-corrected chi connectivity index (χ3v) is 6.72. The number of hydrogen-bond acceptors (Lipinski definition) is 6. The number of anilines is 1. The molecular weight excluding hydrogens is 493 g/mol. The van der Waals surface area contributed by atoms with Crippen molar-refractivity contribution in [2.45, 2.75) is 11.1 Å². The molecule has 0 spiro atoms. The van der Waals surface area contributed by atoms with Gasteiger partial charge < -0.3 is 0 Å². The van der Waals surface area contributed by atoms with Gasteiger partial charge in [-0.25, -0.2) is 13.4 Å². The molecule has 5 aromatic rings. The van der Waals surface area contributed by atoms with Crippen LogP contribution in [-0.4, -0.2) is 33.2 Å². The Kier molecular flexibility index (Phi) is 5.67. The summed E-state index contributed by atoms with van der Waals surface area (Å²) in [4.78, 5) is 12.7. The van der Waals surface area contributed by atoms with E-state index in [-0.39, 0.29) is 5.69 Å². The number of nitrogens with zero attached hydrogens (tertiary/aromatic N) is 5. The van der Waals surface area contributed by atoms with Crippen molar-refractivity contribution < 1.29 is 21.6 Å². The fourth-order valence-electron chi connectivity index (χ4n) is 3.59. The normalized spacial score (nSPS) is 12.1. The molecule has 5 rings (SSSR count). The molecule has 8 nitrogen and oxygen atoms in total. The monoisotopic (exact) mass is 510 g/mol. The van der Waals surface area contributed by atoms with Gasteiger partial charge in [-0.15, -0.1) is 0 Å². The smallest absolute Gasteiger partial charge is 0.278 e. The van der Waals surface area contributed by atoms with Crippen molar-refractivity contribution in [3.63, 3.8) is 0 Å². The highest BCUT2D eigenvalue weighted by Gasteiger charge is 2.31. The van der Waals surface area contributed by atoms with Gasteiger partial charge in [-0.1, -0.05) is 12.1 Å². The zero-order valence-corrected chi connectivity index (χ0v) is 19.4. The van der Waals surface area contributed by atoms with Crippen LogP contribution in [0.5, 0.6) is 0 Å². The van der Waals surface area contributed by atoms with E-state index < -0.39 is 26.7 Å². The van der Waals surface area contributed by atoms with E-state index in [9.17, 15) is 21.6 Å². The lowest BCUT2D eigenvalue weighted by Crippen LogP contribution is -2.14. The molecule has 0 aliphatic carbocycles. The number of hydrogen-bond donors (Lipinski definition) is 1. The lowest BCUT2D eigenvalue weighted by Gasteiger charge is -2.12. The second-order valence-electron chi connectivity index (χ2n) is 7.95. The minimum atomic E-state index is -4.66. The molecule has 0 saturated heterocycles. The Balaban J connectivity index is 1.46. The van der Waals surface area contributed by atoms with E-state index in [1.54, 1.807) is 48.5 Å². The van der Waals surface area contributed by atoms with E-state index >= 15 is 0 Å². The molecule has 0 aliphatic rings. The van der Waals surface area contributed by atoms with Crippen molar-refractivity contribution in [2.75, 3.05) is 4.72 Å². The summed E-state index contributed by atoms with van der Waals surface area (Å²) in [7, 11) is -2.48. The fourth-order valence-corrected chi connectivity index (χ4v) is 4.67. The number of benzene rings is 2. The molecule has 0 fully saturated rings. The van der Waals surface area contributed by atoms with E-state index in [0.717, 1.165) is 23.8 Å². The number of fused-ring (bicyclic) bond motifs is 1. The standard InChI is InChI=1S/C24H17F3N6O2S/c1-33-14-17(11-30-33)23-13-29-21-6-5-15(8-22(21)31-23)16-7-19(12-28-10-16)32-36(34,35)20-4-2-3-18(9-20)24(25,26)27/h2-14,32H,1H3. The summed E-state index contributed by atoms with van der Waals surface area (Å²) in [5, 5.41) is 4.14. The first-order chi connectivity index (χ1) is 17.1. The molecule has 36 heavy (non-hydrogen) atoms. The summed E-state index contributed by atoms with van der Waals surface area (Å²) in [5.41, 5.74) is 3.06. The van der Waals surface area contributed by atoms with E-state index in [1.807, 2.05) is 6.20 Å². The Bertz CT molecular complexity index is 1700. The maximum Gasteiger partial charge on any atom is 0.416 e. The second kappa shape index (κ2) is 8.72. The fraction of sp³-hybridized carbons (Fsp3) is 0.0833. The number of nitrogens with one attached hydrogen (secondary N) is 1. The van der Waals surface area contributed by atoms with E-state index in [4.69, 9.17) is 0 Å². The van der Waals surface area contributed by atoms with Gasteiger partial charge >= 0.3 is 6.18 Å². The van der Waals surface area contributed by atoms with Gasteiger partial charge in [-0.2, -0.15) is 18.3 Å². The first kappa shape index (κ1) is 23.4. The lowest BCUT2D eigenvalue weighted by molar-refractivity contribution is -0.137. The van der Waals surface area contributed by atoms with Gasteiger partial charge in [0.05, 0.1) is 51.5 Å². The van der Waals surface area contributed by atoms with Crippen LogP contribution in [0.25, 0.3) is 33.4 Å². The molecule has 2 aromatic carbocycles. The number of pyridine rings is 1. The number of sulfonamides is 1. The van der Waals surface area contributed by atoms with Crippen LogP contribution in [0.15, 0.2) is 84.4 Å². The lowest BCUT2D eigenvalue weighted by atomic mass is 10.1. The van der Waals surface area contributed by atoms with Gasteiger partial charge in [-0.05, 0) is 42.0 Å². The van der Waals surface area contributed by atoms with Crippen molar-refractivity contribution in [1.29, 1.82) is 0 Å². The zero-order valence-electron chi connectivity index (χ0n) is 18.6. The Morgan fingerprint density at radius 3 is 2.47 bits per heavy atom. The van der Waals surface area contributed by atoms with Crippen molar-refractivity contribution in [3.8, 4) is 22.4 Å². The maximum absolute atomic E-state index is 13.0. The van der Waals surface area contributed by atoms with Crippen LogP contribution in [0.3, 0.4) is 0 Å². The van der Waals surface area contributed by atoms with Crippen LogP contribution in [0.2, 0.25) is 0 Å². The Morgan fingerprint density at radius 2 is 1.72 bits per heavy atom. The second-order valence-corrected chi connectivity index (χ2v) is 9.64. The molecule has 0 aliphatic heterocycles. The van der Waals surface area contributed by atoms with Crippen molar-refractivity contribution >= 4 is 26.7 Å². The summed E-state index contributed by atoms with van der Waals surface area (Å²) in [5.74, 6) is 0. The molecule has 3 aromatic heterocycles. The van der Waals surface area contributed by atoms with Crippen molar-refractivity contribution in [3.05, 3.63) is 85.1 Å². The van der Waals surface area contributed by atoms with Crippen LogP contribution in [0.4, 0.5) is 18.9 Å². The molecule has 0 bridgehead atoms. The SMILES string of the molecule is Cn1cc(-c2cnc3ccc(-c4cncc(NS(=O)(=O)c5cccc(C(F)(F)F)c5)c4)cc3n2)cn1. The molecule has 0 unspecified atom stereocenters. The van der Waals surface area contributed by atoms with E-state index in [1.165, 1.54) is 12.3 Å². The highest BCUT2D eigenvalue weighted by atomic mass is 32.2. The Hall–Kier alpha value is -4.32. The average molecular weight is 511 g/mol. The van der Waals surface area contributed by atoms with Gasteiger partial charge in [0.2, 0.25) is 0 Å². The Labute approximate surface area is 203 Å². The molecule has 1 N–H and O–H groups in total. The van der Waals surface area contributed by atoms with Gasteiger partial charge in [-0.3, -0.25) is 19.4 Å². The number of aromatic nitrogens is 5. The van der Waals surface area contributed by atoms with Gasteiger partial charge in [0.25, 0.3) is 10.0 Å². The third kappa shape index (κ3) is 4.75. The summed E-state index contributed by atoms with van der Waals surface area (Å²) in [6, 6.07) is 10.4. The molecule has 12 heteroatoms. The van der Waals surface area contributed by atoms with Crippen LogP contribution in [0, 0.1) is 0 Å². The first-order valence-electron chi connectivity index (χ1n) is 10.5. The maximum atomic E-state index is 13.0. The van der Waals surface area contributed by atoms with Crippen LogP contribution in [-0.2, 0) is 23.2 Å². The molecular formula is C24H17F3N6O2S. The number of alkyl halides is 3. The molecule has 0 radical (unpaired) electrons. The quantitative estimate of drug-likeness (QED) is 0.360. The third-order valence-electron chi connectivity index (χ3n) is 5.34. The summed E-state index contributed by atoms with van der Waals surface area (Å²) in [6.45, 7) is 0. The van der Waals surface area contributed by atoms with Crippen LogP contribution < -0.4 is 4.72 Å². The summed E-state index contributed by atoms with van der Waals surface area (Å²) >= 11 is 0. The van der Waals surface area contributed by atoms with Crippen LogP contribution >= 0.6 is 0 Å². The van der Waals surface area contributed by atoms with E-state index in [0.29, 0.717) is 33.9 Å². The minimum absolute atomic E-state index is 0.0974. The molecule has 3 heterocycles. The number of halogens is 3. The Morgan fingerprint density at radius 1 is 0.889 bits per heavy atom. The first-order valence-corrected chi connectivity index (χ1v) is 12.0. The number of rotatable bonds is 5. The molecule has 0 amide bonds. The largest absolute Gasteiger partial charge is 0.416 e. The number of aryl methyl sites for hydroxylation is 1. The minimum Gasteiger partial charge on any atom is -0.278 e. The predicted octanol–water partition coefficient (Wildman–Crippen LogP) is 4.91. The highest BCUT2D eigenvalue weighted by molar-refractivity contribution is 7.92. The van der Waals surface area contributed by atoms with Gasteiger partial charge in [0.15, 0.2) is 0 Å². The average Bonchev–Trinajstić information content (AvgIpc) is 3.29. The van der Waals surface area contributed by atoms with Gasteiger partial charge in [0.1, 0.15) is 0 Å². The summed E-state index contributed by atoms with van der Waals surface area (Å²) < 4.78 is 68.5. The highest BCUT2D eigenvalue weighted by Crippen LogP contribution is 2.31. The molecule has 182 valence electrons. The molecule has 0 atom stereocenters. The zero-order chi connectivity index (χ0) is 25.5. The summed E-state index contributed by atoms with van der Waals surface area (Å²) in [6.07, 6.45) is 3.32. The van der Waals surface area contributed by atoms with Crippen molar-refractivity contribution in [1.82, 2.24) is 24.7 Å². The molecule has 0 saturated carbocycles. The van der Waals surface area contributed by atoms with Crippen molar-refractivity contribution in [2.24, 2.45) is 7.05 Å². The van der Waals surface area contributed by atoms with Gasteiger partial charge in [0, 0.05) is 30.6 Å². The predicted molar refractivity (Wildman–Crippen MR) is 127 cm³/mol.